The summed E-state index contributed by atoms with van der Waals surface area (Å²) < 4.78 is 0. The van der Waals surface area contributed by atoms with E-state index in [-0.39, 0.29) is 5.91 Å². The number of carbonyl (C=O) groups is 1. The summed E-state index contributed by atoms with van der Waals surface area (Å²) in [7, 11) is 0. The molecule has 2 atom stereocenters. The largest absolute Gasteiger partial charge is 0.348 e. The molecule has 0 saturated heterocycles. The van der Waals surface area contributed by atoms with E-state index in [0.29, 0.717) is 17.7 Å². The van der Waals surface area contributed by atoms with Gasteiger partial charge in [0.25, 0.3) is 5.91 Å². The summed E-state index contributed by atoms with van der Waals surface area (Å²) in [4.78, 5) is 11.5. The maximum atomic E-state index is 11.5. The molecule has 1 heterocycles. The molecule has 1 amide bonds. The van der Waals surface area contributed by atoms with Gasteiger partial charge in [-0.15, -0.1) is 0 Å². The van der Waals surface area contributed by atoms with Crippen LogP contribution in [0.2, 0.25) is 0 Å². The molecule has 0 aliphatic heterocycles. The van der Waals surface area contributed by atoms with Crippen molar-refractivity contribution in [2.45, 2.75) is 25.8 Å². The number of amides is 1. The lowest BCUT2D eigenvalue weighted by Gasteiger charge is -2.34. The van der Waals surface area contributed by atoms with Crippen molar-refractivity contribution >= 4 is 5.91 Å². The lowest BCUT2D eigenvalue weighted by atomic mass is 9.81. The Bertz CT molecular complexity index is 294. The average Bonchev–Trinajstić information content (AvgIpc) is 2.64. The minimum absolute atomic E-state index is 0.0472. The molecule has 0 spiro atoms. The third-order valence-corrected chi connectivity index (χ3v) is 2.68. The Morgan fingerprint density at radius 3 is 3.00 bits per heavy atom. The first-order valence-electron chi connectivity index (χ1n) is 4.57. The van der Waals surface area contributed by atoms with Crippen LogP contribution in [-0.4, -0.2) is 22.1 Å². The normalized spacial score (nSPS) is 26.5. The smallest absolute Gasteiger partial charge is 0.269 e. The maximum absolute atomic E-state index is 11.5. The predicted octanol–water partition coefficient (Wildman–Crippen LogP) is 0.938. The number of nitrogens with zero attached hydrogens (tertiary/aromatic N) is 1. The lowest BCUT2D eigenvalue weighted by molar-refractivity contribution is 0.0879. The highest BCUT2D eigenvalue weighted by Gasteiger charge is 2.28. The Labute approximate surface area is 76.7 Å². The Kier molecular flexibility index (Phi) is 2.04. The molecule has 1 aromatic rings. The van der Waals surface area contributed by atoms with Gasteiger partial charge in [-0.25, -0.2) is 0 Å². The number of aromatic amines is 1. The SMILES string of the molecule is CC1CCC1NC(=O)c1ccn[nH]1. The number of carbonyl (C=O) groups excluding carboxylic acids is 1. The molecule has 1 fully saturated rings. The minimum Gasteiger partial charge on any atom is -0.348 e. The van der Waals surface area contributed by atoms with Gasteiger partial charge in [0.2, 0.25) is 0 Å². The molecule has 4 nitrogen and oxygen atoms in total. The second kappa shape index (κ2) is 3.20. The van der Waals surface area contributed by atoms with E-state index < -0.39 is 0 Å². The number of hydrogen-bond acceptors (Lipinski definition) is 2. The van der Waals surface area contributed by atoms with Crippen LogP contribution in [0.4, 0.5) is 0 Å². The van der Waals surface area contributed by atoms with E-state index in [9.17, 15) is 4.79 Å². The second-order valence-corrected chi connectivity index (χ2v) is 3.60. The van der Waals surface area contributed by atoms with E-state index in [1.807, 2.05) is 0 Å². The Balaban J connectivity index is 1.92. The van der Waals surface area contributed by atoms with Crippen LogP contribution < -0.4 is 5.32 Å². The topological polar surface area (TPSA) is 57.8 Å². The van der Waals surface area contributed by atoms with Gasteiger partial charge in [-0.05, 0) is 24.8 Å². The Morgan fingerprint density at radius 2 is 2.54 bits per heavy atom. The second-order valence-electron chi connectivity index (χ2n) is 3.60. The van der Waals surface area contributed by atoms with Gasteiger partial charge in [0.1, 0.15) is 5.69 Å². The molecule has 0 aromatic carbocycles. The molecule has 4 heteroatoms. The van der Waals surface area contributed by atoms with E-state index in [0.717, 1.165) is 6.42 Å². The van der Waals surface area contributed by atoms with Crippen LogP contribution in [0.5, 0.6) is 0 Å². The van der Waals surface area contributed by atoms with Crippen molar-refractivity contribution in [2.24, 2.45) is 5.92 Å². The first kappa shape index (κ1) is 8.29. The molecular formula is C9H13N3O. The molecule has 0 radical (unpaired) electrons. The molecule has 2 unspecified atom stereocenters. The third kappa shape index (κ3) is 1.56. The minimum atomic E-state index is -0.0472. The zero-order chi connectivity index (χ0) is 9.26. The van der Waals surface area contributed by atoms with E-state index in [2.05, 4.69) is 22.4 Å². The van der Waals surface area contributed by atoms with Gasteiger partial charge < -0.3 is 5.32 Å². The molecular weight excluding hydrogens is 166 g/mol. The molecule has 1 aliphatic rings. The first-order chi connectivity index (χ1) is 6.27. The van der Waals surface area contributed by atoms with Gasteiger partial charge in [0.15, 0.2) is 0 Å². The molecule has 1 saturated carbocycles. The van der Waals surface area contributed by atoms with E-state index >= 15 is 0 Å². The summed E-state index contributed by atoms with van der Waals surface area (Å²) in [6.07, 6.45) is 3.90. The summed E-state index contributed by atoms with van der Waals surface area (Å²) >= 11 is 0. The van der Waals surface area contributed by atoms with Crippen molar-refractivity contribution in [3.05, 3.63) is 18.0 Å². The van der Waals surface area contributed by atoms with Crippen LogP contribution in [-0.2, 0) is 0 Å². The molecule has 70 valence electrons. The maximum Gasteiger partial charge on any atom is 0.269 e. The van der Waals surface area contributed by atoms with Crippen LogP contribution >= 0.6 is 0 Å². The fourth-order valence-corrected chi connectivity index (χ4v) is 1.51. The highest BCUT2D eigenvalue weighted by atomic mass is 16.2. The summed E-state index contributed by atoms with van der Waals surface area (Å²) in [5.74, 6) is 0.570. The van der Waals surface area contributed by atoms with Crippen LogP contribution in [0, 0.1) is 5.92 Å². The number of nitrogens with one attached hydrogen (secondary N) is 2. The van der Waals surface area contributed by atoms with Crippen molar-refractivity contribution in [1.82, 2.24) is 15.5 Å². The third-order valence-electron chi connectivity index (χ3n) is 2.68. The molecule has 1 aliphatic carbocycles. The number of aromatic nitrogens is 2. The summed E-state index contributed by atoms with van der Waals surface area (Å²) in [5.41, 5.74) is 0.541. The van der Waals surface area contributed by atoms with Crippen molar-refractivity contribution in [3.8, 4) is 0 Å². The highest BCUT2D eigenvalue weighted by Crippen LogP contribution is 2.26. The number of H-pyrrole nitrogens is 1. The van der Waals surface area contributed by atoms with Crippen LogP contribution in [0.1, 0.15) is 30.3 Å². The summed E-state index contributed by atoms with van der Waals surface area (Å²) in [5, 5.41) is 9.33. The van der Waals surface area contributed by atoms with Crippen molar-refractivity contribution in [3.63, 3.8) is 0 Å². The Morgan fingerprint density at radius 1 is 1.69 bits per heavy atom. The van der Waals surface area contributed by atoms with Crippen LogP contribution in [0.15, 0.2) is 12.3 Å². The van der Waals surface area contributed by atoms with Gasteiger partial charge in [0, 0.05) is 12.2 Å². The van der Waals surface area contributed by atoms with E-state index in [1.165, 1.54) is 6.42 Å². The van der Waals surface area contributed by atoms with Gasteiger partial charge >= 0.3 is 0 Å². The predicted molar refractivity (Wildman–Crippen MR) is 48.2 cm³/mol. The number of hydrogen-bond donors (Lipinski definition) is 2. The molecule has 13 heavy (non-hydrogen) atoms. The Hall–Kier alpha value is -1.32. The van der Waals surface area contributed by atoms with E-state index in [1.54, 1.807) is 12.3 Å². The monoisotopic (exact) mass is 179 g/mol. The van der Waals surface area contributed by atoms with Crippen molar-refractivity contribution in [1.29, 1.82) is 0 Å². The van der Waals surface area contributed by atoms with Gasteiger partial charge in [-0.2, -0.15) is 5.10 Å². The van der Waals surface area contributed by atoms with Gasteiger partial charge in [-0.3, -0.25) is 9.89 Å². The van der Waals surface area contributed by atoms with Gasteiger partial charge in [0.05, 0.1) is 0 Å². The summed E-state index contributed by atoms with van der Waals surface area (Å²) in [6, 6.07) is 2.04. The van der Waals surface area contributed by atoms with Crippen LogP contribution in [0.3, 0.4) is 0 Å². The summed E-state index contributed by atoms with van der Waals surface area (Å²) in [6.45, 7) is 2.15. The quantitative estimate of drug-likeness (QED) is 0.709. The zero-order valence-corrected chi connectivity index (χ0v) is 7.58. The van der Waals surface area contributed by atoms with Crippen molar-refractivity contribution in [2.75, 3.05) is 0 Å². The van der Waals surface area contributed by atoms with Crippen LogP contribution in [0.25, 0.3) is 0 Å². The van der Waals surface area contributed by atoms with Crippen molar-refractivity contribution < 1.29 is 4.79 Å². The van der Waals surface area contributed by atoms with E-state index in [4.69, 9.17) is 0 Å². The van der Waals surface area contributed by atoms with Gasteiger partial charge in [-0.1, -0.05) is 6.92 Å². The standard InChI is InChI=1S/C9H13N3O/c1-6-2-3-7(6)11-9(13)8-4-5-10-12-8/h4-7H,2-3H2,1H3,(H,10,12)(H,11,13). The molecule has 2 rings (SSSR count). The average molecular weight is 179 g/mol. The zero-order valence-electron chi connectivity index (χ0n) is 7.58. The fraction of sp³-hybridized carbons (Fsp3) is 0.556. The lowest BCUT2D eigenvalue weighted by Crippen LogP contribution is -2.45. The first-order valence-corrected chi connectivity index (χ1v) is 4.57. The number of rotatable bonds is 2. The molecule has 0 bridgehead atoms. The molecule has 2 N–H and O–H groups in total. The molecule has 1 aromatic heterocycles. The fourth-order valence-electron chi connectivity index (χ4n) is 1.51. The highest BCUT2D eigenvalue weighted by molar-refractivity contribution is 5.92.